The first-order chi connectivity index (χ1) is 8.77. The smallest absolute Gasteiger partial charge is 0.357 e. The van der Waals surface area contributed by atoms with Crippen LogP contribution in [0.5, 0.6) is 0 Å². The standard InChI is InChI=1S/C13H14F4O2/c1-4-7-10(14)9(5-2)11(18)8-19-12(6-3)13(15,16)17/h4-7,12H,1,3,8H2,2H3/b9-5+,10-7+/t12-/m0/s1. The maximum atomic E-state index is 13.4. The highest BCUT2D eigenvalue weighted by molar-refractivity contribution is 5.99. The Kier molecular flexibility index (Phi) is 7.00. The maximum absolute atomic E-state index is 13.4. The molecule has 0 spiro atoms. The van der Waals surface area contributed by atoms with E-state index >= 15 is 0 Å². The largest absolute Gasteiger partial charge is 0.418 e. The van der Waals surface area contributed by atoms with Crippen molar-refractivity contribution < 1.29 is 27.1 Å². The van der Waals surface area contributed by atoms with Crippen LogP contribution in [-0.2, 0) is 9.53 Å². The monoisotopic (exact) mass is 278 g/mol. The van der Waals surface area contributed by atoms with E-state index in [1.165, 1.54) is 6.92 Å². The summed E-state index contributed by atoms with van der Waals surface area (Å²) in [5.74, 6) is -1.78. The Balaban J connectivity index is 4.74. The number of alkyl halides is 3. The highest BCUT2D eigenvalue weighted by Crippen LogP contribution is 2.24. The van der Waals surface area contributed by atoms with Gasteiger partial charge in [-0.25, -0.2) is 4.39 Å². The summed E-state index contributed by atoms with van der Waals surface area (Å²) in [4.78, 5) is 11.5. The molecule has 6 heteroatoms. The van der Waals surface area contributed by atoms with Gasteiger partial charge < -0.3 is 4.74 Å². The van der Waals surface area contributed by atoms with E-state index in [-0.39, 0.29) is 5.57 Å². The molecule has 0 N–H and O–H groups in total. The third kappa shape index (κ3) is 5.65. The molecule has 0 bridgehead atoms. The lowest BCUT2D eigenvalue weighted by atomic mass is 10.1. The molecule has 1 atom stereocenters. The first kappa shape index (κ1) is 17.3. The van der Waals surface area contributed by atoms with Crippen molar-refractivity contribution in [3.05, 3.63) is 48.9 Å². The van der Waals surface area contributed by atoms with E-state index < -0.39 is 30.5 Å². The minimum atomic E-state index is -4.66. The van der Waals surface area contributed by atoms with Gasteiger partial charge in [-0.3, -0.25) is 4.79 Å². The number of ether oxygens (including phenoxy) is 1. The maximum Gasteiger partial charge on any atom is 0.418 e. The van der Waals surface area contributed by atoms with Crippen LogP contribution in [0.15, 0.2) is 48.9 Å². The number of rotatable bonds is 7. The van der Waals surface area contributed by atoms with Crippen LogP contribution in [0.1, 0.15) is 6.92 Å². The molecule has 0 radical (unpaired) electrons. The van der Waals surface area contributed by atoms with Gasteiger partial charge in [-0.05, 0) is 13.0 Å². The second-order valence-electron chi connectivity index (χ2n) is 3.38. The molecule has 0 aromatic carbocycles. The molecule has 19 heavy (non-hydrogen) atoms. The van der Waals surface area contributed by atoms with Crippen molar-refractivity contribution >= 4 is 5.78 Å². The second kappa shape index (κ2) is 7.68. The zero-order valence-electron chi connectivity index (χ0n) is 10.3. The molecule has 0 aromatic rings. The molecular formula is C13H14F4O2. The molecule has 0 amide bonds. The summed E-state index contributed by atoms with van der Waals surface area (Å²) in [6.07, 6.45) is -3.19. The summed E-state index contributed by atoms with van der Waals surface area (Å²) < 4.78 is 54.7. The lowest BCUT2D eigenvalue weighted by Gasteiger charge is -2.16. The van der Waals surface area contributed by atoms with Gasteiger partial charge in [-0.1, -0.05) is 24.8 Å². The summed E-state index contributed by atoms with van der Waals surface area (Å²) in [7, 11) is 0. The van der Waals surface area contributed by atoms with E-state index in [1.54, 1.807) is 0 Å². The fourth-order valence-electron chi connectivity index (χ4n) is 1.16. The van der Waals surface area contributed by atoms with Gasteiger partial charge >= 0.3 is 6.18 Å². The molecule has 0 aromatic heterocycles. The quantitative estimate of drug-likeness (QED) is 0.307. The van der Waals surface area contributed by atoms with Crippen molar-refractivity contribution in [2.24, 2.45) is 0 Å². The highest BCUT2D eigenvalue weighted by atomic mass is 19.4. The van der Waals surface area contributed by atoms with Gasteiger partial charge in [0.1, 0.15) is 12.4 Å². The summed E-state index contributed by atoms with van der Waals surface area (Å²) >= 11 is 0. The molecule has 0 fully saturated rings. The van der Waals surface area contributed by atoms with E-state index in [0.717, 1.165) is 18.2 Å². The lowest BCUT2D eigenvalue weighted by Crippen LogP contribution is -2.31. The predicted molar refractivity (Wildman–Crippen MR) is 64.1 cm³/mol. The number of hydrogen-bond donors (Lipinski definition) is 0. The Morgan fingerprint density at radius 2 is 1.95 bits per heavy atom. The number of allylic oxidation sites excluding steroid dienone is 4. The molecule has 106 valence electrons. The zero-order chi connectivity index (χ0) is 15.1. The Bertz CT molecular complexity index is 405. The summed E-state index contributed by atoms with van der Waals surface area (Å²) in [6.45, 7) is 6.71. The molecule has 0 aliphatic carbocycles. The van der Waals surface area contributed by atoms with E-state index in [0.29, 0.717) is 6.08 Å². The van der Waals surface area contributed by atoms with Crippen LogP contribution in [0.25, 0.3) is 0 Å². The molecule has 0 aliphatic heterocycles. The molecule has 0 unspecified atom stereocenters. The molecule has 0 saturated heterocycles. The topological polar surface area (TPSA) is 26.3 Å². The Labute approximate surface area is 108 Å². The fourth-order valence-corrected chi connectivity index (χ4v) is 1.16. The Morgan fingerprint density at radius 3 is 2.32 bits per heavy atom. The van der Waals surface area contributed by atoms with Gasteiger partial charge in [0.05, 0.1) is 5.57 Å². The Hall–Kier alpha value is -1.69. The normalized spacial score (nSPS) is 15.0. The lowest BCUT2D eigenvalue weighted by molar-refractivity contribution is -0.203. The molecule has 0 rings (SSSR count). The van der Waals surface area contributed by atoms with Crippen molar-refractivity contribution in [2.75, 3.05) is 6.61 Å². The fraction of sp³-hybridized carbons (Fsp3) is 0.308. The van der Waals surface area contributed by atoms with Gasteiger partial charge in [-0.15, -0.1) is 6.58 Å². The van der Waals surface area contributed by atoms with Crippen molar-refractivity contribution in [1.82, 2.24) is 0 Å². The molecule has 0 aliphatic rings. The minimum Gasteiger partial charge on any atom is -0.357 e. The number of hydrogen-bond acceptors (Lipinski definition) is 2. The number of carbonyl (C=O) groups excluding carboxylic acids is 1. The van der Waals surface area contributed by atoms with Crippen LogP contribution in [0.2, 0.25) is 0 Å². The second-order valence-corrected chi connectivity index (χ2v) is 3.38. The molecule has 2 nitrogen and oxygen atoms in total. The van der Waals surface area contributed by atoms with Crippen LogP contribution < -0.4 is 0 Å². The summed E-state index contributed by atoms with van der Waals surface area (Å²) in [5, 5.41) is 0. The zero-order valence-corrected chi connectivity index (χ0v) is 10.3. The number of carbonyl (C=O) groups is 1. The Morgan fingerprint density at radius 1 is 1.37 bits per heavy atom. The first-order valence-electron chi connectivity index (χ1n) is 5.26. The van der Waals surface area contributed by atoms with Crippen LogP contribution in [-0.4, -0.2) is 24.7 Å². The van der Waals surface area contributed by atoms with Crippen molar-refractivity contribution in [3.63, 3.8) is 0 Å². The minimum absolute atomic E-state index is 0.357. The van der Waals surface area contributed by atoms with E-state index in [1.807, 2.05) is 0 Å². The first-order valence-corrected chi connectivity index (χ1v) is 5.26. The number of ketones is 1. The van der Waals surface area contributed by atoms with E-state index in [4.69, 9.17) is 0 Å². The van der Waals surface area contributed by atoms with Gasteiger partial charge in [0.15, 0.2) is 11.9 Å². The van der Waals surface area contributed by atoms with Crippen LogP contribution in [0, 0.1) is 0 Å². The average molecular weight is 278 g/mol. The van der Waals surface area contributed by atoms with Crippen LogP contribution in [0.4, 0.5) is 17.6 Å². The van der Waals surface area contributed by atoms with Crippen molar-refractivity contribution in [3.8, 4) is 0 Å². The molecule has 0 heterocycles. The van der Waals surface area contributed by atoms with E-state index in [9.17, 15) is 22.4 Å². The van der Waals surface area contributed by atoms with Gasteiger partial charge in [0.25, 0.3) is 0 Å². The van der Waals surface area contributed by atoms with Gasteiger partial charge in [0.2, 0.25) is 0 Å². The molecule has 0 saturated carbocycles. The van der Waals surface area contributed by atoms with E-state index in [2.05, 4.69) is 17.9 Å². The number of halogens is 4. The molecular weight excluding hydrogens is 264 g/mol. The SMILES string of the molecule is C=C/C=C(F)\C(=C/C)C(=O)CO[C@@H](C=C)C(F)(F)F. The van der Waals surface area contributed by atoms with Gasteiger partial charge in [0, 0.05) is 0 Å². The average Bonchev–Trinajstić information content (AvgIpc) is 2.29. The number of Topliss-reactive ketones (excluding diaryl/α,β-unsaturated/α-hetero) is 1. The third-order valence-electron chi connectivity index (χ3n) is 2.04. The summed E-state index contributed by atoms with van der Waals surface area (Å²) in [6, 6.07) is 0. The highest BCUT2D eigenvalue weighted by Gasteiger charge is 2.38. The van der Waals surface area contributed by atoms with Crippen LogP contribution in [0.3, 0.4) is 0 Å². The van der Waals surface area contributed by atoms with Crippen LogP contribution >= 0.6 is 0 Å². The predicted octanol–water partition coefficient (Wildman–Crippen LogP) is 3.67. The summed E-state index contributed by atoms with van der Waals surface area (Å²) in [5.41, 5.74) is -0.357. The van der Waals surface area contributed by atoms with Crippen molar-refractivity contribution in [2.45, 2.75) is 19.2 Å². The van der Waals surface area contributed by atoms with Gasteiger partial charge in [-0.2, -0.15) is 13.2 Å². The van der Waals surface area contributed by atoms with Crippen molar-refractivity contribution in [1.29, 1.82) is 0 Å². The third-order valence-corrected chi connectivity index (χ3v) is 2.04.